The fraction of sp³-hybridized carbons (Fsp3) is 0.333. The molecule has 0 aromatic carbocycles. The number of nitroso groups, excluding NO2 is 1. The Morgan fingerprint density at radius 2 is 1.96 bits per heavy atom. The molecule has 2 aromatic rings. The molecule has 10 nitrogen and oxygen atoms in total. The summed E-state index contributed by atoms with van der Waals surface area (Å²) in [5.74, 6) is -0.288. The monoisotopic (exact) mass is 382 g/mol. The minimum absolute atomic E-state index is 0.0193. The van der Waals surface area contributed by atoms with E-state index in [9.17, 15) is 15.0 Å². The molecular weight excluding hydrogens is 360 g/mol. The summed E-state index contributed by atoms with van der Waals surface area (Å²) in [5.41, 5.74) is 18.7. The number of rotatable bonds is 7. The standard InChI is InChI=1S/C18H22N8O2/c1-9-12(13(20)14(21)16(24-9)26-28)6-11-5-4-10(7-19)15(25-11)23-8-18(2,3)17(22)27/h4-5H,6,8,21H2,1-3H3,(H2,20,24)(H2,22,27)(H,23,25). The highest BCUT2D eigenvalue weighted by Crippen LogP contribution is 2.32. The molecule has 28 heavy (non-hydrogen) atoms. The lowest BCUT2D eigenvalue weighted by molar-refractivity contribution is -0.125. The number of amides is 1. The first-order chi connectivity index (χ1) is 13.1. The largest absolute Gasteiger partial charge is 0.397 e. The summed E-state index contributed by atoms with van der Waals surface area (Å²) in [6.45, 7) is 5.29. The summed E-state index contributed by atoms with van der Waals surface area (Å²) >= 11 is 0. The second-order valence-electron chi connectivity index (χ2n) is 7.01. The maximum atomic E-state index is 11.5. The number of nitrogens with zero attached hydrogens (tertiary/aromatic N) is 4. The van der Waals surface area contributed by atoms with Crippen LogP contribution >= 0.6 is 0 Å². The minimum Gasteiger partial charge on any atom is -0.397 e. The highest BCUT2D eigenvalue weighted by Gasteiger charge is 2.25. The Labute approximate surface area is 162 Å². The molecule has 2 heterocycles. The Bertz CT molecular complexity index is 979. The zero-order chi connectivity index (χ0) is 21.1. The van der Waals surface area contributed by atoms with E-state index in [1.165, 1.54) is 0 Å². The van der Waals surface area contributed by atoms with E-state index in [0.717, 1.165) is 0 Å². The van der Waals surface area contributed by atoms with Crippen molar-refractivity contribution in [1.29, 1.82) is 5.26 Å². The van der Waals surface area contributed by atoms with E-state index in [-0.39, 0.29) is 30.2 Å². The smallest absolute Gasteiger partial charge is 0.224 e. The minimum atomic E-state index is -0.818. The SMILES string of the molecule is Cc1nc(N=O)c(N)c(N)c1Cc1ccc(C#N)c(NCC(C)(C)C(N)=O)n1. The molecule has 0 saturated carbocycles. The van der Waals surface area contributed by atoms with Gasteiger partial charge in [-0.2, -0.15) is 5.26 Å². The Balaban J connectivity index is 2.36. The van der Waals surface area contributed by atoms with E-state index in [4.69, 9.17) is 17.2 Å². The average Bonchev–Trinajstić information content (AvgIpc) is 2.66. The molecule has 0 atom stereocenters. The van der Waals surface area contributed by atoms with Gasteiger partial charge in [0.15, 0.2) is 0 Å². The van der Waals surface area contributed by atoms with Crippen LogP contribution in [0.5, 0.6) is 0 Å². The first-order valence-corrected chi connectivity index (χ1v) is 8.42. The molecule has 7 N–H and O–H groups in total. The molecule has 10 heteroatoms. The van der Waals surface area contributed by atoms with Crippen molar-refractivity contribution >= 4 is 28.9 Å². The van der Waals surface area contributed by atoms with E-state index in [1.807, 2.05) is 0 Å². The van der Waals surface area contributed by atoms with Gasteiger partial charge in [0.25, 0.3) is 0 Å². The third kappa shape index (κ3) is 4.15. The van der Waals surface area contributed by atoms with Crippen LogP contribution in [0.1, 0.15) is 36.4 Å². The number of primary amides is 1. The van der Waals surface area contributed by atoms with Crippen LogP contribution in [-0.2, 0) is 11.2 Å². The van der Waals surface area contributed by atoms with Gasteiger partial charge in [-0.1, -0.05) is 0 Å². The highest BCUT2D eigenvalue weighted by atomic mass is 16.3. The van der Waals surface area contributed by atoms with Crippen LogP contribution in [0.4, 0.5) is 23.0 Å². The van der Waals surface area contributed by atoms with Gasteiger partial charge in [-0.3, -0.25) is 4.79 Å². The van der Waals surface area contributed by atoms with Gasteiger partial charge in [0.2, 0.25) is 11.7 Å². The molecule has 1 amide bonds. The van der Waals surface area contributed by atoms with Gasteiger partial charge in [0.05, 0.1) is 16.7 Å². The predicted octanol–water partition coefficient (Wildman–Crippen LogP) is 1.73. The lowest BCUT2D eigenvalue weighted by Gasteiger charge is -2.21. The number of carbonyl (C=O) groups is 1. The number of nitrogens with two attached hydrogens (primary N) is 3. The number of nitriles is 1. The number of pyridine rings is 2. The lowest BCUT2D eigenvalue weighted by Crippen LogP contribution is -2.37. The number of hydrogen-bond donors (Lipinski definition) is 4. The third-order valence-corrected chi connectivity index (χ3v) is 4.45. The average molecular weight is 382 g/mol. The Morgan fingerprint density at radius 3 is 2.54 bits per heavy atom. The van der Waals surface area contributed by atoms with E-state index in [0.29, 0.717) is 28.3 Å². The van der Waals surface area contributed by atoms with Gasteiger partial charge < -0.3 is 22.5 Å². The van der Waals surface area contributed by atoms with Gasteiger partial charge in [-0.05, 0) is 38.1 Å². The summed E-state index contributed by atoms with van der Waals surface area (Å²) in [6, 6.07) is 5.35. The van der Waals surface area contributed by atoms with Gasteiger partial charge in [0, 0.05) is 29.9 Å². The van der Waals surface area contributed by atoms with E-state index < -0.39 is 11.3 Å². The maximum absolute atomic E-state index is 11.5. The summed E-state index contributed by atoms with van der Waals surface area (Å²) in [7, 11) is 0. The molecule has 0 radical (unpaired) electrons. The fourth-order valence-electron chi connectivity index (χ4n) is 2.45. The summed E-state index contributed by atoms with van der Waals surface area (Å²) < 4.78 is 0. The normalized spacial score (nSPS) is 10.9. The van der Waals surface area contributed by atoms with Crippen LogP contribution < -0.4 is 22.5 Å². The molecule has 2 rings (SSSR count). The number of carbonyl (C=O) groups excluding carboxylic acids is 1. The van der Waals surface area contributed by atoms with Crippen molar-refractivity contribution in [3.05, 3.63) is 39.6 Å². The second kappa shape index (κ2) is 7.87. The van der Waals surface area contributed by atoms with Crippen LogP contribution in [0, 0.1) is 28.6 Å². The van der Waals surface area contributed by atoms with E-state index in [2.05, 4.69) is 26.5 Å². The molecule has 0 unspecified atom stereocenters. The Kier molecular flexibility index (Phi) is 5.78. The molecular formula is C18H22N8O2. The van der Waals surface area contributed by atoms with Crippen molar-refractivity contribution in [2.24, 2.45) is 16.3 Å². The highest BCUT2D eigenvalue weighted by molar-refractivity contribution is 5.80. The second-order valence-corrected chi connectivity index (χ2v) is 7.01. The predicted molar refractivity (Wildman–Crippen MR) is 106 cm³/mol. The van der Waals surface area contributed by atoms with Crippen molar-refractivity contribution in [1.82, 2.24) is 9.97 Å². The van der Waals surface area contributed by atoms with E-state index in [1.54, 1.807) is 32.9 Å². The summed E-state index contributed by atoms with van der Waals surface area (Å²) in [6.07, 6.45) is 0.285. The molecule has 0 bridgehead atoms. The first-order valence-electron chi connectivity index (χ1n) is 8.42. The topological polar surface area (TPSA) is 186 Å². The zero-order valence-corrected chi connectivity index (χ0v) is 15.9. The number of nitrogens with one attached hydrogen (secondary N) is 1. The Hall–Kier alpha value is -3.74. The van der Waals surface area contributed by atoms with Crippen molar-refractivity contribution in [2.45, 2.75) is 27.2 Å². The molecule has 0 fully saturated rings. The molecule has 0 aliphatic carbocycles. The number of nitrogen functional groups attached to an aromatic ring is 2. The summed E-state index contributed by atoms with van der Waals surface area (Å²) in [5, 5.41) is 15.1. The molecule has 0 aliphatic heterocycles. The molecule has 2 aromatic heterocycles. The third-order valence-electron chi connectivity index (χ3n) is 4.45. The van der Waals surface area contributed by atoms with Crippen LogP contribution in [-0.4, -0.2) is 22.4 Å². The maximum Gasteiger partial charge on any atom is 0.224 e. The van der Waals surface area contributed by atoms with Crippen molar-refractivity contribution in [2.75, 3.05) is 23.3 Å². The van der Waals surface area contributed by atoms with Crippen LogP contribution in [0.3, 0.4) is 0 Å². The fourth-order valence-corrected chi connectivity index (χ4v) is 2.45. The van der Waals surface area contributed by atoms with Crippen molar-refractivity contribution in [3.63, 3.8) is 0 Å². The molecule has 0 saturated heterocycles. The van der Waals surface area contributed by atoms with Gasteiger partial charge >= 0.3 is 0 Å². The van der Waals surface area contributed by atoms with Crippen LogP contribution in [0.25, 0.3) is 0 Å². The van der Waals surface area contributed by atoms with E-state index >= 15 is 0 Å². The van der Waals surface area contributed by atoms with Crippen molar-refractivity contribution < 1.29 is 4.79 Å². The first kappa shape index (κ1) is 20.6. The van der Waals surface area contributed by atoms with Crippen LogP contribution in [0.2, 0.25) is 0 Å². The van der Waals surface area contributed by atoms with Gasteiger partial charge in [-0.25, -0.2) is 9.97 Å². The number of anilines is 3. The number of aromatic nitrogens is 2. The zero-order valence-electron chi connectivity index (χ0n) is 15.9. The molecule has 0 spiro atoms. The molecule has 0 aliphatic rings. The number of aryl methyl sites for hydroxylation is 1. The van der Waals surface area contributed by atoms with Gasteiger partial charge in [-0.15, -0.1) is 4.91 Å². The number of hydrogen-bond acceptors (Lipinski definition) is 9. The Morgan fingerprint density at radius 1 is 1.29 bits per heavy atom. The molecule has 146 valence electrons. The lowest BCUT2D eigenvalue weighted by atomic mass is 9.93. The summed E-state index contributed by atoms with van der Waals surface area (Å²) in [4.78, 5) is 30.8. The van der Waals surface area contributed by atoms with Gasteiger partial charge in [0.1, 0.15) is 17.6 Å². The quantitative estimate of drug-likeness (QED) is 0.521. The van der Waals surface area contributed by atoms with Crippen molar-refractivity contribution in [3.8, 4) is 6.07 Å². The van der Waals surface area contributed by atoms with Crippen LogP contribution in [0.15, 0.2) is 17.3 Å².